The highest BCUT2D eigenvalue weighted by molar-refractivity contribution is 6.51. The second-order valence-electron chi connectivity index (χ2n) is 9.06. The molecule has 1 fully saturated rings. The predicted molar refractivity (Wildman–Crippen MR) is 134 cm³/mol. The van der Waals surface area contributed by atoms with E-state index in [9.17, 15) is 27.9 Å². The molecule has 198 valence electrons. The Kier molecular flexibility index (Phi) is 7.17. The van der Waals surface area contributed by atoms with Crippen molar-refractivity contribution in [2.24, 2.45) is 0 Å². The number of halogens is 3. The molecule has 2 aromatic carbocycles. The highest BCUT2D eigenvalue weighted by Crippen LogP contribution is 2.44. The smallest absolute Gasteiger partial charge is 0.507 e. The van der Waals surface area contributed by atoms with Crippen LogP contribution in [0.4, 0.5) is 18.9 Å². The number of benzene rings is 2. The van der Waals surface area contributed by atoms with E-state index in [1.807, 2.05) is 13.8 Å². The molecule has 3 aromatic rings. The van der Waals surface area contributed by atoms with Gasteiger partial charge in [0.25, 0.3) is 11.7 Å². The number of hydrogen-bond donors (Lipinski definition) is 1. The number of methoxy groups -OCH3 is 1. The number of anilines is 1. The number of ketones is 1. The maximum Gasteiger partial charge on any atom is 0.573 e. The van der Waals surface area contributed by atoms with E-state index in [1.54, 1.807) is 31.2 Å². The first kappa shape index (κ1) is 26.7. The number of carbonyl (C=O) groups is 2. The van der Waals surface area contributed by atoms with Gasteiger partial charge in [0.1, 0.15) is 17.3 Å². The Morgan fingerprint density at radius 3 is 2.45 bits per heavy atom. The summed E-state index contributed by atoms with van der Waals surface area (Å²) >= 11 is 0. The standard InChI is InChI=1S/C28H25F3N2O5/c1-15(2)20-13-21(16(3)11-22(20)37-4)25(34)23-24(17-7-6-10-32-14-17)33(27(36)26(23)35)18-8-5-9-19(12-18)38-28(29,30)31/h5-15,24,34H,1-4H3/b25-23+. The van der Waals surface area contributed by atoms with E-state index in [2.05, 4.69) is 9.72 Å². The van der Waals surface area contributed by atoms with Gasteiger partial charge in [-0.2, -0.15) is 0 Å². The third-order valence-corrected chi connectivity index (χ3v) is 6.23. The van der Waals surface area contributed by atoms with Crippen LogP contribution in [-0.2, 0) is 9.59 Å². The number of amides is 1. The largest absolute Gasteiger partial charge is 0.573 e. The first-order valence-electron chi connectivity index (χ1n) is 11.7. The highest BCUT2D eigenvalue weighted by atomic mass is 19.4. The van der Waals surface area contributed by atoms with Crippen LogP contribution in [0.25, 0.3) is 5.76 Å². The number of ether oxygens (including phenoxy) is 2. The molecule has 0 bridgehead atoms. The van der Waals surface area contributed by atoms with Crippen LogP contribution in [0.3, 0.4) is 0 Å². The fraction of sp³-hybridized carbons (Fsp3) is 0.250. The molecule has 0 radical (unpaired) electrons. The van der Waals surface area contributed by atoms with Crippen molar-refractivity contribution in [3.63, 3.8) is 0 Å². The summed E-state index contributed by atoms with van der Waals surface area (Å²) in [5, 5.41) is 11.5. The van der Waals surface area contributed by atoms with Crippen molar-refractivity contribution in [3.8, 4) is 11.5 Å². The fourth-order valence-corrected chi connectivity index (χ4v) is 4.51. The number of hydrogen-bond acceptors (Lipinski definition) is 6. The summed E-state index contributed by atoms with van der Waals surface area (Å²) in [5.74, 6) is -2.34. The summed E-state index contributed by atoms with van der Waals surface area (Å²) in [7, 11) is 1.53. The van der Waals surface area contributed by atoms with Crippen LogP contribution in [0.5, 0.6) is 11.5 Å². The number of pyridine rings is 1. The Bertz CT molecular complexity index is 1420. The van der Waals surface area contributed by atoms with E-state index in [0.717, 1.165) is 22.6 Å². The second-order valence-corrected chi connectivity index (χ2v) is 9.06. The van der Waals surface area contributed by atoms with Gasteiger partial charge >= 0.3 is 6.36 Å². The lowest BCUT2D eigenvalue weighted by Crippen LogP contribution is -2.29. The van der Waals surface area contributed by atoms with Crippen molar-refractivity contribution < 1.29 is 37.3 Å². The van der Waals surface area contributed by atoms with E-state index in [0.29, 0.717) is 22.4 Å². The molecular weight excluding hydrogens is 501 g/mol. The summed E-state index contributed by atoms with van der Waals surface area (Å²) in [5.41, 5.74) is 1.86. The SMILES string of the molecule is COc1cc(C)c(/C(O)=C2\C(=O)C(=O)N(c3cccc(OC(F)(F)F)c3)C2c2cccnc2)cc1C(C)C. The molecule has 0 saturated carbocycles. The van der Waals surface area contributed by atoms with E-state index < -0.39 is 35.6 Å². The van der Waals surface area contributed by atoms with Gasteiger partial charge in [0.2, 0.25) is 0 Å². The zero-order valence-corrected chi connectivity index (χ0v) is 21.0. The zero-order valence-electron chi connectivity index (χ0n) is 21.0. The first-order valence-corrected chi connectivity index (χ1v) is 11.7. The van der Waals surface area contributed by atoms with Crippen molar-refractivity contribution in [1.29, 1.82) is 0 Å². The lowest BCUT2D eigenvalue weighted by Gasteiger charge is -2.26. The maximum absolute atomic E-state index is 13.4. The lowest BCUT2D eigenvalue weighted by molar-refractivity contribution is -0.274. The zero-order chi connectivity index (χ0) is 27.8. The van der Waals surface area contributed by atoms with E-state index in [4.69, 9.17) is 4.74 Å². The van der Waals surface area contributed by atoms with Crippen LogP contribution in [0, 0.1) is 6.92 Å². The molecule has 4 rings (SSSR count). The molecule has 7 nitrogen and oxygen atoms in total. The molecule has 1 unspecified atom stereocenters. The molecule has 10 heteroatoms. The summed E-state index contributed by atoms with van der Waals surface area (Å²) in [4.78, 5) is 31.8. The van der Waals surface area contributed by atoms with Crippen molar-refractivity contribution in [3.05, 3.63) is 88.8 Å². The molecule has 1 aromatic heterocycles. The van der Waals surface area contributed by atoms with Crippen LogP contribution >= 0.6 is 0 Å². The minimum atomic E-state index is -4.95. The molecule has 1 saturated heterocycles. The Morgan fingerprint density at radius 1 is 1.11 bits per heavy atom. The molecule has 1 N–H and O–H groups in total. The average molecular weight is 527 g/mol. The van der Waals surface area contributed by atoms with E-state index in [1.165, 1.54) is 31.6 Å². The molecule has 1 amide bonds. The summed E-state index contributed by atoms with van der Waals surface area (Å²) in [6, 6.07) is 10.2. The second kappa shape index (κ2) is 10.2. The van der Waals surface area contributed by atoms with Gasteiger partial charge in [0, 0.05) is 29.7 Å². The summed E-state index contributed by atoms with van der Waals surface area (Å²) in [6.45, 7) is 5.62. The molecule has 2 heterocycles. The molecule has 1 aliphatic rings. The molecule has 1 aliphatic heterocycles. The first-order chi connectivity index (χ1) is 17.9. The Morgan fingerprint density at radius 2 is 1.84 bits per heavy atom. The van der Waals surface area contributed by atoms with Gasteiger partial charge in [-0.3, -0.25) is 19.5 Å². The van der Waals surface area contributed by atoms with Gasteiger partial charge in [0.15, 0.2) is 0 Å². The number of aliphatic hydroxyl groups is 1. The number of aryl methyl sites for hydroxylation is 1. The molecular formula is C28H25F3N2O5. The van der Waals surface area contributed by atoms with Crippen LogP contribution in [-0.4, -0.2) is 35.3 Å². The average Bonchev–Trinajstić information content (AvgIpc) is 3.13. The topological polar surface area (TPSA) is 89.0 Å². The number of aliphatic hydroxyl groups excluding tert-OH is 1. The van der Waals surface area contributed by atoms with Crippen molar-refractivity contribution in [2.45, 2.75) is 39.1 Å². The number of rotatable bonds is 6. The summed E-state index contributed by atoms with van der Waals surface area (Å²) in [6.07, 6.45) is -2.03. The van der Waals surface area contributed by atoms with Gasteiger partial charge in [-0.05, 0) is 59.9 Å². The van der Waals surface area contributed by atoms with Crippen LogP contribution < -0.4 is 14.4 Å². The third kappa shape index (κ3) is 5.06. The molecule has 38 heavy (non-hydrogen) atoms. The minimum absolute atomic E-state index is 0.0175. The van der Waals surface area contributed by atoms with Crippen molar-refractivity contribution in [2.75, 3.05) is 12.0 Å². The van der Waals surface area contributed by atoms with Crippen molar-refractivity contribution >= 4 is 23.1 Å². The van der Waals surface area contributed by atoms with Gasteiger partial charge in [-0.1, -0.05) is 26.0 Å². The molecule has 0 spiro atoms. The van der Waals surface area contributed by atoms with Crippen LogP contribution in [0.2, 0.25) is 0 Å². The predicted octanol–water partition coefficient (Wildman–Crippen LogP) is 6.05. The quantitative estimate of drug-likeness (QED) is 0.239. The number of nitrogens with zero attached hydrogens (tertiary/aromatic N) is 2. The van der Waals surface area contributed by atoms with E-state index >= 15 is 0 Å². The Balaban J connectivity index is 1.94. The lowest BCUT2D eigenvalue weighted by atomic mass is 9.91. The number of aromatic nitrogens is 1. The van der Waals surface area contributed by atoms with Gasteiger partial charge in [0.05, 0.1) is 18.7 Å². The highest BCUT2D eigenvalue weighted by Gasteiger charge is 2.47. The maximum atomic E-state index is 13.4. The van der Waals surface area contributed by atoms with E-state index in [-0.39, 0.29) is 17.2 Å². The van der Waals surface area contributed by atoms with Crippen molar-refractivity contribution in [1.82, 2.24) is 4.98 Å². The number of carbonyl (C=O) groups excluding carboxylic acids is 2. The van der Waals surface area contributed by atoms with Gasteiger partial charge in [-0.15, -0.1) is 13.2 Å². The minimum Gasteiger partial charge on any atom is -0.507 e. The summed E-state index contributed by atoms with van der Waals surface area (Å²) < 4.78 is 48.0. The van der Waals surface area contributed by atoms with Crippen LogP contribution in [0.1, 0.15) is 48.1 Å². The number of Topliss-reactive ketones (excluding diaryl/α,β-unsaturated/α-hetero) is 1. The Hall–Kier alpha value is -4.34. The normalized spacial score (nSPS) is 17.3. The van der Waals surface area contributed by atoms with Crippen LogP contribution in [0.15, 0.2) is 66.5 Å². The monoisotopic (exact) mass is 526 g/mol. The Labute approximate surface area is 217 Å². The van der Waals surface area contributed by atoms with Gasteiger partial charge in [-0.25, -0.2) is 0 Å². The molecule has 0 aliphatic carbocycles. The fourth-order valence-electron chi connectivity index (χ4n) is 4.51. The molecule has 1 atom stereocenters. The van der Waals surface area contributed by atoms with Gasteiger partial charge < -0.3 is 14.6 Å². The number of alkyl halides is 3. The third-order valence-electron chi connectivity index (χ3n) is 6.23.